The summed E-state index contributed by atoms with van der Waals surface area (Å²) >= 11 is 0. The maximum Gasteiger partial charge on any atom is 0.335 e. The van der Waals surface area contributed by atoms with Crippen LogP contribution in [0.3, 0.4) is 0 Å². The Labute approximate surface area is 152 Å². The van der Waals surface area contributed by atoms with Gasteiger partial charge in [-0.05, 0) is 43.0 Å². The monoisotopic (exact) mass is 351 g/mol. The molecule has 4 rings (SSSR count). The van der Waals surface area contributed by atoms with E-state index in [1.165, 1.54) is 0 Å². The van der Waals surface area contributed by atoms with Crippen LogP contribution in [-0.2, 0) is 16.6 Å². The lowest BCUT2D eigenvalue weighted by atomic mass is 9.87. The molecule has 0 bridgehead atoms. The lowest BCUT2D eigenvalue weighted by Crippen LogP contribution is -2.32. The largest absolute Gasteiger partial charge is 0.493 e. The van der Waals surface area contributed by atoms with Crippen LogP contribution >= 0.6 is 0 Å². The standard InChI is InChI=1S/C21H21NO4/c23-19(22-10-8-14-4-3-5-15(12-14)20(24)25)17-13-21(17)9-11-26-18-7-2-1-6-16(18)21/h1-7,12,17H,8-11,13H2,(H,22,23)(H,24,25)/t17-,21-/m0/s1. The SMILES string of the molecule is O=C(O)c1cccc(CCNC(=O)[C@@H]2C[C@]23CCOc2ccccc23)c1. The smallest absolute Gasteiger partial charge is 0.335 e. The lowest BCUT2D eigenvalue weighted by Gasteiger charge is -2.26. The summed E-state index contributed by atoms with van der Waals surface area (Å²) in [5.41, 5.74) is 2.27. The van der Waals surface area contributed by atoms with Gasteiger partial charge in [-0.3, -0.25) is 4.79 Å². The van der Waals surface area contributed by atoms with Crippen LogP contribution in [0.25, 0.3) is 0 Å². The van der Waals surface area contributed by atoms with Crippen LogP contribution in [0.1, 0.15) is 34.3 Å². The van der Waals surface area contributed by atoms with E-state index in [0.717, 1.165) is 29.7 Å². The van der Waals surface area contributed by atoms with Gasteiger partial charge >= 0.3 is 5.97 Å². The number of nitrogens with one attached hydrogen (secondary N) is 1. The highest BCUT2D eigenvalue weighted by Gasteiger charge is 2.60. The molecule has 5 heteroatoms. The van der Waals surface area contributed by atoms with Crippen molar-refractivity contribution in [3.8, 4) is 5.75 Å². The maximum absolute atomic E-state index is 12.6. The number of aromatic carboxylic acids is 1. The zero-order chi connectivity index (χ0) is 18.1. The molecular weight excluding hydrogens is 330 g/mol. The van der Waals surface area contributed by atoms with E-state index in [1.54, 1.807) is 18.2 Å². The van der Waals surface area contributed by atoms with Crippen molar-refractivity contribution in [2.45, 2.75) is 24.7 Å². The summed E-state index contributed by atoms with van der Waals surface area (Å²) in [4.78, 5) is 23.6. The van der Waals surface area contributed by atoms with Crippen molar-refractivity contribution in [3.63, 3.8) is 0 Å². The van der Waals surface area contributed by atoms with E-state index in [-0.39, 0.29) is 22.8 Å². The summed E-state index contributed by atoms with van der Waals surface area (Å²) in [7, 11) is 0. The van der Waals surface area contributed by atoms with Crippen molar-refractivity contribution in [3.05, 3.63) is 65.2 Å². The van der Waals surface area contributed by atoms with Gasteiger partial charge in [0.1, 0.15) is 5.75 Å². The van der Waals surface area contributed by atoms with Crippen molar-refractivity contribution < 1.29 is 19.4 Å². The molecule has 1 aliphatic heterocycles. The molecule has 1 heterocycles. The number of carbonyl (C=O) groups is 2. The molecule has 1 amide bonds. The first kappa shape index (κ1) is 16.6. The zero-order valence-corrected chi connectivity index (χ0v) is 14.4. The number of ether oxygens (including phenoxy) is 1. The Hall–Kier alpha value is -2.82. The summed E-state index contributed by atoms with van der Waals surface area (Å²) in [6.07, 6.45) is 2.36. The van der Waals surface area contributed by atoms with E-state index in [2.05, 4.69) is 11.4 Å². The number of rotatable bonds is 5. The number of para-hydroxylation sites is 1. The van der Waals surface area contributed by atoms with Gasteiger partial charge in [0.2, 0.25) is 5.91 Å². The summed E-state index contributed by atoms with van der Waals surface area (Å²) in [6, 6.07) is 14.8. The molecule has 1 spiro atoms. The Bertz CT molecular complexity index is 863. The summed E-state index contributed by atoms with van der Waals surface area (Å²) in [5, 5.41) is 12.1. The molecular formula is C21H21NO4. The molecule has 2 atom stereocenters. The van der Waals surface area contributed by atoms with E-state index >= 15 is 0 Å². The third-order valence-corrected chi connectivity index (χ3v) is 5.51. The minimum absolute atomic E-state index is 0.00194. The third kappa shape index (κ3) is 2.94. The van der Waals surface area contributed by atoms with Crippen molar-refractivity contribution in [1.29, 1.82) is 0 Å². The molecule has 1 fully saturated rings. The molecule has 0 saturated heterocycles. The Balaban J connectivity index is 1.36. The number of hydrogen-bond donors (Lipinski definition) is 2. The minimum atomic E-state index is -0.936. The fourth-order valence-corrected chi connectivity index (χ4v) is 4.02. The Morgan fingerprint density at radius 2 is 2.04 bits per heavy atom. The highest BCUT2D eigenvalue weighted by atomic mass is 16.5. The van der Waals surface area contributed by atoms with Crippen LogP contribution in [0, 0.1) is 5.92 Å². The molecule has 1 saturated carbocycles. The fraction of sp³-hybridized carbons (Fsp3) is 0.333. The minimum Gasteiger partial charge on any atom is -0.493 e. The average Bonchev–Trinajstić information content (AvgIpc) is 3.37. The number of carboxylic acid groups (broad SMARTS) is 1. The first-order chi connectivity index (χ1) is 12.6. The topological polar surface area (TPSA) is 75.6 Å². The van der Waals surface area contributed by atoms with Crippen LogP contribution in [0.5, 0.6) is 5.75 Å². The number of amides is 1. The molecule has 2 aromatic carbocycles. The summed E-state index contributed by atoms with van der Waals surface area (Å²) in [5.74, 6) is 0.0440. The van der Waals surface area contributed by atoms with Crippen LogP contribution < -0.4 is 10.1 Å². The average molecular weight is 351 g/mol. The van der Waals surface area contributed by atoms with Crippen molar-refractivity contribution in [1.82, 2.24) is 5.32 Å². The van der Waals surface area contributed by atoms with Crippen molar-refractivity contribution in [2.24, 2.45) is 5.92 Å². The first-order valence-corrected chi connectivity index (χ1v) is 8.92. The molecule has 5 nitrogen and oxygen atoms in total. The zero-order valence-electron chi connectivity index (χ0n) is 14.4. The molecule has 0 unspecified atom stereocenters. The second-order valence-electron chi connectivity index (χ2n) is 7.05. The maximum atomic E-state index is 12.6. The van der Waals surface area contributed by atoms with Crippen LogP contribution in [0.4, 0.5) is 0 Å². The van der Waals surface area contributed by atoms with Gasteiger partial charge in [-0.15, -0.1) is 0 Å². The van der Waals surface area contributed by atoms with Gasteiger partial charge in [0.25, 0.3) is 0 Å². The molecule has 0 aromatic heterocycles. The fourth-order valence-electron chi connectivity index (χ4n) is 4.02. The highest BCUT2D eigenvalue weighted by Crippen LogP contribution is 2.60. The van der Waals surface area contributed by atoms with Crippen LogP contribution in [0.15, 0.2) is 48.5 Å². The Morgan fingerprint density at radius 3 is 2.88 bits per heavy atom. The Kier molecular flexibility index (Phi) is 4.15. The van der Waals surface area contributed by atoms with E-state index < -0.39 is 5.97 Å². The summed E-state index contributed by atoms with van der Waals surface area (Å²) in [6.45, 7) is 1.16. The molecule has 2 N–H and O–H groups in total. The quantitative estimate of drug-likeness (QED) is 0.869. The normalized spacial score (nSPS) is 23.0. The van der Waals surface area contributed by atoms with Gasteiger partial charge in [-0.25, -0.2) is 4.79 Å². The van der Waals surface area contributed by atoms with E-state index in [9.17, 15) is 9.59 Å². The summed E-state index contributed by atoms with van der Waals surface area (Å²) < 4.78 is 5.72. The number of carbonyl (C=O) groups excluding carboxylic acids is 1. The first-order valence-electron chi connectivity index (χ1n) is 8.92. The van der Waals surface area contributed by atoms with Crippen LogP contribution in [0.2, 0.25) is 0 Å². The molecule has 0 radical (unpaired) electrons. The van der Waals surface area contributed by atoms with Gasteiger partial charge in [-0.2, -0.15) is 0 Å². The molecule has 1 aliphatic carbocycles. The van der Waals surface area contributed by atoms with Gasteiger partial charge in [0, 0.05) is 23.4 Å². The van der Waals surface area contributed by atoms with Crippen molar-refractivity contribution >= 4 is 11.9 Å². The highest BCUT2D eigenvalue weighted by molar-refractivity contribution is 5.87. The van der Waals surface area contributed by atoms with Gasteiger partial charge in [0.05, 0.1) is 12.2 Å². The number of fused-ring (bicyclic) bond motifs is 2. The Morgan fingerprint density at radius 1 is 1.19 bits per heavy atom. The third-order valence-electron chi connectivity index (χ3n) is 5.51. The molecule has 2 aliphatic rings. The molecule has 2 aromatic rings. The molecule has 134 valence electrons. The predicted octanol–water partition coefficient (Wildman–Crippen LogP) is 2.78. The predicted molar refractivity (Wildman–Crippen MR) is 96.5 cm³/mol. The van der Waals surface area contributed by atoms with E-state index in [1.807, 2.05) is 24.3 Å². The second-order valence-corrected chi connectivity index (χ2v) is 7.05. The number of benzene rings is 2. The van der Waals surface area contributed by atoms with Gasteiger partial charge in [0.15, 0.2) is 0 Å². The number of carboxylic acids is 1. The van der Waals surface area contributed by atoms with Gasteiger partial charge < -0.3 is 15.2 Å². The van der Waals surface area contributed by atoms with E-state index in [0.29, 0.717) is 19.6 Å². The lowest BCUT2D eigenvalue weighted by molar-refractivity contribution is -0.122. The molecule has 26 heavy (non-hydrogen) atoms. The second kappa shape index (κ2) is 6.48. The van der Waals surface area contributed by atoms with Crippen molar-refractivity contribution in [2.75, 3.05) is 13.2 Å². The van der Waals surface area contributed by atoms with Crippen LogP contribution in [-0.4, -0.2) is 30.1 Å². The van der Waals surface area contributed by atoms with E-state index in [4.69, 9.17) is 9.84 Å². The van der Waals surface area contributed by atoms with Gasteiger partial charge in [-0.1, -0.05) is 30.3 Å². The number of hydrogen-bond acceptors (Lipinski definition) is 3.